The van der Waals surface area contributed by atoms with Gasteiger partial charge in [-0.2, -0.15) is 0 Å². The summed E-state index contributed by atoms with van der Waals surface area (Å²) in [7, 11) is 0. The lowest BCUT2D eigenvalue weighted by molar-refractivity contribution is 0.0698. The average molecular weight is 253 g/mol. The summed E-state index contributed by atoms with van der Waals surface area (Å²) in [5.41, 5.74) is 2.19. The van der Waals surface area contributed by atoms with Crippen LogP contribution in [0.4, 0.5) is 0 Å². The molecule has 0 aliphatic carbocycles. The maximum absolute atomic E-state index is 11.5. The molecule has 2 N–H and O–H groups in total. The standard InChI is InChI=1S/C15H11NO3/c17-15(18)13-11(12-7-4-8-19-12)9-16-14(13)10-5-2-1-3-6-10/h1-9,16H,(H,17,18). The molecule has 4 nitrogen and oxygen atoms in total. The van der Waals surface area contributed by atoms with E-state index in [4.69, 9.17) is 4.42 Å². The van der Waals surface area contributed by atoms with E-state index >= 15 is 0 Å². The zero-order chi connectivity index (χ0) is 13.2. The average Bonchev–Trinajstić information content (AvgIpc) is 3.08. The van der Waals surface area contributed by atoms with Crippen molar-refractivity contribution in [3.05, 3.63) is 60.5 Å². The molecule has 4 heteroatoms. The Labute approximate surface area is 109 Å². The Morgan fingerprint density at radius 1 is 1.11 bits per heavy atom. The number of H-pyrrole nitrogens is 1. The Morgan fingerprint density at radius 2 is 1.89 bits per heavy atom. The van der Waals surface area contributed by atoms with Gasteiger partial charge in [0.1, 0.15) is 5.76 Å². The van der Waals surface area contributed by atoms with Crippen LogP contribution in [0.3, 0.4) is 0 Å². The summed E-state index contributed by atoms with van der Waals surface area (Å²) in [4.78, 5) is 14.5. The van der Waals surface area contributed by atoms with Gasteiger partial charge in [0.05, 0.1) is 17.5 Å². The van der Waals surface area contributed by atoms with E-state index in [1.807, 2.05) is 30.3 Å². The second kappa shape index (κ2) is 4.49. The van der Waals surface area contributed by atoms with E-state index < -0.39 is 5.97 Å². The number of hydrogen-bond donors (Lipinski definition) is 2. The fraction of sp³-hybridized carbons (Fsp3) is 0. The highest BCUT2D eigenvalue weighted by Crippen LogP contribution is 2.32. The van der Waals surface area contributed by atoms with Crippen molar-refractivity contribution in [3.8, 4) is 22.6 Å². The number of carboxylic acid groups (broad SMARTS) is 1. The van der Waals surface area contributed by atoms with Crippen LogP contribution in [0, 0.1) is 0 Å². The second-order valence-electron chi connectivity index (χ2n) is 4.10. The summed E-state index contributed by atoms with van der Waals surface area (Å²) in [5, 5.41) is 9.43. The molecule has 3 rings (SSSR count). The number of benzene rings is 1. The molecule has 0 bridgehead atoms. The van der Waals surface area contributed by atoms with Crippen LogP contribution in [0.2, 0.25) is 0 Å². The SMILES string of the molecule is O=C(O)c1c(-c2ccco2)c[nH]c1-c1ccccc1. The molecule has 0 amide bonds. The maximum Gasteiger partial charge on any atom is 0.338 e. The van der Waals surface area contributed by atoms with Crippen molar-refractivity contribution in [3.63, 3.8) is 0 Å². The van der Waals surface area contributed by atoms with Crippen LogP contribution in [0.5, 0.6) is 0 Å². The van der Waals surface area contributed by atoms with E-state index in [1.165, 1.54) is 6.26 Å². The Hall–Kier alpha value is -2.75. The molecule has 0 saturated heterocycles. The van der Waals surface area contributed by atoms with Crippen LogP contribution in [0.1, 0.15) is 10.4 Å². The number of aromatic carboxylic acids is 1. The minimum absolute atomic E-state index is 0.223. The third-order valence-electron chi connectivity index (χ3n) is 2.94. The van der Waals surface area contributed by atoms with Gasteiger partial charge >= 0.3 is 5.97 Å². The Bertz CT molecular complexity index is 696. The Morgan fingerprint density at radius 3 is 2.53 bits per heavy atom. The smallest absolute Gasteiger partial charge is 0.338 e. The first-order valence-corrected chi connectivity index (χ1v) is 5.81. The molecule has 19 heavy (non-hydrogen) atoms. The predicted octanol–water partition coefficient (Wildman–Crippen LogP) is 3.64. The molecule has 0 saturated carbocycles. The van der Waals surface area contributed by atoms with Crippen LogP contribution in [-0.2, 0) is 0 Å². The van der Waals surface area contributed by atoms with Gasteiger partial charge in [0.25, 0.3) is 0 Å². The summed E-state index contributed by atoms with van der Waals surface area (Å²) in [5.74, 6) is -0.442. The van der Waals surface area contributed by atoms with Crippen molar-refractivity contribution in [2.45, 2.75) is 0 Å². The number of nitrogens with one attached hydrogen (secondary N) is 1. The molecule has 0 radical (unpaired) electrons. The number of aromatic amines is 1. The van der Waals surface area contributed by atoms with Gasteiger partial charge in [0, 0.05) is 11.8 Å². The highest BCUT2D eigenvalue weighted by atomic mass is 16.4. The van der Waals surface area contributed by atoms with Crippen LogP contribution < -0.4 is 0 Å². The van der Waals surface area contributed by atoms with E-state index in [0.717, 1.165) is 5.56 Å². The lowest BCUT2D eigenvalue weighted by atomic mass is 10.0. The van der Waals surface area contributed by atoms with Gasteiger partial charge in [-0.3, -0.25) is 0 Å². The molecule has 0 atom stereocenters. The molecule has 0 spiro atoms. The van der Waals surface area contributed by atoms with Crippen LogP contribution in [-0.4, -0.2) is 16.1 Å². The maximum atomic E-state index is 11.5. The minimum Gasteiger partial charge on any atom is -0.478 e. The number of carboxylic acids is 1. The van der Waals surface area contributed by atoms with Gasteiger partial charge in [0.2, 0.25) is 0 Å². The fourth-order valence-corrected chi connectivity index (χ4v) is 2.10. The lowest BCUT2D eigenvalue weighted by Gasteiger charge is -2.02. The molecular weight excluding hydrogens is 242 g/mol. The van der Waals surface area contributed by atoms with Crippen LogP contribution in [0.25, 0.3) is 22.6 Å². The van der Waals surface area contributed by atoms with Crippen molar-refractivity contribution in [2.75, 3.05) is 0 Å². The monoisotopic (exact) mass is 253 g/mol. The van der Waals surface area contributed by atoms with E-state index in [1.54, 1.807) is 18.3 Å². The zero-order valence-corrected chi connectivity index (χ0v) is 9.96. The van der Waals surface area contributed by atoms with E-state index in [0.29, 0.717) is 17.0 Å². The highest BCUT2D eigenvalue weighted by molar-refractivity contribution is 6.01. The Balaban J connectivity index is 2.20. The molecule has 0 aliphatic heterocycles. The first kappa shape index (κ1) is 11.3. The first-order chi connectivity index (χ1) is 9.27. The van der Waals surface area contributed by atoms with E-state index in [-0.39, 0.29) is 5.56 Å². The number of aromatic nitrogens is 1. The van der Waals surface area contributed by atoms with Crippen molar-refractivity contribution in [1.82, 2.24) is 4.98 Å². The number of rotatable bonds is 3. The normalized spacial score (nSPS) is 10.5. The molecule has 1 aromatic carbocycles. The summed E-state index contributed by atoms with van der Waals surface area (Å²) in [6.45, 7) is 0. The molecular formula is C15H11NO3. The summed E-state index contributed by atoms with van der Waals surface area (Å²) in [6, 6.07) is 12.8. The molecule has 2 aromatic heterocycles. The zero-order valence-electron chi connectivity index (χ0n) is 9.96. The third-order valence-corrected chi connectivity index (χ3v) is 2.94. The molecule has 94 valence electrons. The quantitative estimate of drug-likeness (QED) is 0.748. The van der Waals surface area contributed by atoms with Crippen molar-refractivity contribution in [1.29, 1.82) is 0 Å². The molecule has 0 unspecified atom stereocenters. The lowest BCUT2D eigenvalue weighted by Crippen LogP contribution is -1.99. The highest BCUT2D eigenvalue weighted by Gasteiger charge is 2.21. The Kier molecular flexibility index (Phi) is 2.68. The van der Waals surface area contributed by atoms with Gasteiger partial charge < -0.3 is 14.5 Å². The van der Waals surface area contributed by atoms with Gasteiger partial charge in [0.15, 0.2) is 0 Å². The summed E-state index contributed by atoms with van der Waals surface area (Å²) in [6.07, 6.45) is 3.18. The van der Waals surface area contributed by atoms with Gasteiger partial charge in [-0.05, 0) is 17.7 Å². The first-order valence-electron chi connectivity index (χ1n) is 5.81. The number of furan rings is 1. The fourth-order valence-electron chi connectivity index (χ4n) is 2.10. The third kappa shape index (κ3) is 1.93. The molecule has 0 fully saturated rings. The van der Waals surface area contributed by atoms with Crippen molar-refractivity contribution < 1.29 is 14.3 Å². The number of hydrogen-bond acceptors (Lipinski definition) is 2. The van der Waals surface area contributed by atoms with Crippen LogP contribution in [0.15, 0.2) is 59.3 Å². The van der Waals surface area contributed by atoms with Crippen LogP contribution >= 0.6 is 0 Å². The summed E-state index contributed by atoms with van der Waals surface area (Å²) >= 11 is 0. The van der Waals surface area contributed by atoms with E-state index in [2.05, 4.69) is 4.98 Å². The predicted molar refractivity (Wildman–Crippen MR) is 70.9 cm³/mol. The van der Waals surface area contributed by atoms with Gasteiger partial charge in [-0.1, -0.05) is 30.3 Å². The van der Waals surface area contributed by atoms with Crippen molar-refractivity contribution >= 4 is 5.97 Å². The van der Waals surface area contributed by atoms with Gasteiger partial charge in [-0.25, -0.2) is 4.79 Å². The summed E-state index contributed by atoms with van der Waals surface area (Å²) < 4.78 is 5.28. The minimum atomic E-state index is -0.980. The molecule has 3 aromatic rings. The molecule has 0 aliphatic rings. The topological polar surface area (TPSA) is 66.2 Å². The van der Waals surface area contributed by atoms with Gasteiger partial charge in [-0.15, -0.1) is 0 Å². The van der Waals surface area contributed by atoms with Crippen molar-refractivity contribution in [2.24, 2.45) is 0 Å². The second-order valence-corrected chi connectivity index (χ2v) is 4.10. The molecule has 2 heterocycles. The van der Waals surface area contributed by atoms with E-state index in [9.17, 15) is 9.90 Å². The largest absolute Gasteiger partial charge is 0.478 e. The number of carbonyl (C=O) groups is 1.